The molecule has 0 saturated carbocycles. The van der Waals surface area contributed by atoms with E-state index in [0.717, 1.165) is 15.6 Å². The van der Waals surface area contributed by atoms with Crippen molar-refractivity contribution in [1.82, 2.24) is 10.6 Å². The Morgan fingerprint density at radius 1 is 1.11 bits per heavy atom. The first kappa shape index (κ1) is 21.0. The Hall–Kier alpha value is -2.34. The van der Waals surface area contributed by atoms with Gasteiger partial charge < -0.3 is 15.4 Å². The fourth-order valence-corrected chi connectivity index (χ4v) is 2.91. The highest BCUT2D eigenvalue weighted by Gasteiger charge is 2.20. The van der Waals surface area contributed by atoms with Crippen LogP contribution in [0.15, 0.2) is 53.0 Å². The van der Waals surface area contributed by atoms with Crippen LogP contribution in [0, 0.1) is 6.92 Å². The van der Waals surface area contributed by atoms with E-state index in [4.69, 9.17) is 4.74 Å². The lowest BCUT2D eigenvalue weighted by Gasteiger charge is -2.23. The Bertz CT molecular complexity index is 815. The second-order valence-corrected chi connectivity index (χ2v) is 8.25. The first-order chi connectivity index (χ1) is 12.6. The zero-order chi connectivity index (χ0) is 20.0. The number of rotatable bonds is 5. The Balaban J connectivity index is 2.15. The summed E-state index contributed by atoms with van der Waals surface area (Å²) in [5, 5.41) is 5.73. The molecule has 0 radical (unpaired) electrons. The van der Waals surface area contributed by atoms with E-state index < -0.39 is 11.7 Å². The summed E-state index contributed by atoms with van der Waals surface area (Å²) in [6.07, 6.45) is -0.517. The average Bonchev–Trinajstić information content (AvgIpc) is 2.56. The van der Waals surface area contributed by atoms with E-state index in [2.05, 4.69) is 26.6 Å². The lowest BCUT2D eigenvalue weighted by Crippen LogP contribution is -2.40. The molecule has 2 amide bonds. The van der Waals surface area contributed by atoms with E-state index in [0.29, 0.717) is 5.56 Å². The van der Waals surface area contributed by atoms with Crippen molar-refractivity contribution < 1.29 is 14.3 Å². The van der Waals surface area contributed by atoms with Crippen molar-refractivity contribution >= 4 is 27.9 Å². The molecule has 1 atom stereocenters. The van der Waals surface area contributed by atoms with Crippen LogP contribution in [0.1, 0.15) is 48.3 Å². The molecule has 0 aliphatic carbocycles. The van der Waals surface area contributed by atoms with Crippen molar-refractivity contribution in [2.75, 3.05) is 6.54 Å². The van der Waals surface area contributed by atoms with Crippen LogP contribution in [0.5, 0.6) is 0 Å². The predicted octanol–water partition coefficient (Wildman–Crippen LogP) is 4.75. The number of halogens is 1. The summed E-state index contributed by atoms with van der Waals surface area (Å²) in [7, 11) is 0. The van der Waals surface area contributed by atoms with Crippen molar-refractivity contribution in [1.29, 1.82) is 0 Å². The highest BCUT2D eigenvalue weighted by molar-refractivity contribution is 9.10. The molecule has 5 nitrogen and oxygen atoms in total. The Morgan fingerprint density at radius 3 is 2.44 bits per heavy atom. The number of carbonyl (C=O) groups excluding carboxylic acids is 2. The maximum Gasteiger partial charge on any atom is 0.407 e. The number of carbonyl (C=O) groups is 2. The largest absolute Gasteiger partial charge is 0.444 e. The first-order valence-corrected chi connectivity index (χ1v) is 9.53. The molecule has 0 aliphatic heterocycles. The third kappa shape index (κ3) is 7.06. The minimum Gasteiger partial charge on any atom is -0.444 e. The van der Waals surface area contributed by atoms with Gasteiger partial charge in [-0.05, 0) is 51.5 Å². The molecule has 0 bridgehead atoms. The van der Waals surface area contributed by atoms with Gasteiger partial charge >= 0.3 is 6.09 Å². The SMILES string of the molecule is Cc1cccc(C(CNC(=O)OC(C)(C)C)NC(=O)c2cccc(Br)c2)c1. The molecule has 2 N–H and O–H groups in total. The van der Waals surface area contributed by atoms with Gasteiger partial charge in [-0.3, -0.25) is 4.79 Å². The highest BCUT2D eigenvalue weighted by atomic mass is 79.9. The van der Waals surface area contributed by atoms with E-state index >= 15 is 0 Å². The molecular formula is C21H25BrN2O3. The zero-order valence-electron chi connectivity index (χ0n) is 16.0. The minimum atomic E-state index is -0.581. The number of ether oxygens (including phenoxy) is 1. The van der Waals surface area contributed by atoms with Crippen LogP contribution in [0.4, 0.5) is 4.79 Å². The van der Waals surface area contributed by atoms with Crippen LogP contribution in [0.2, 0.25) is 0 Å². The summed E-state index contributed by atoms with van der Waals surface area (Å²) in [5.41, 5.74) is 1.95. The van der Waals surface area contributed by atoms with Crippen LogP contribution in [-0.4, -0.2) is 24.1 Å². The summed E-state index contributed by atoms with van der Waals surface area (Å²) in [6.45, 7) is 7.62. The summed E-state index contributed by atoms with van der Waals surface area (Å²) < 4.78 is 6.11. The first-order valence-electron chi connectivity index (χ1n) is 8.74. The van der Waals surface area contributed by atoms with Gasteiger partial charge in [0.2, 0.25) is 0 Å². The molecule has 2 aromatic rings. The third-order valence-corrected chi connectivity index (χ3v) is 4.18. The van der Waals surface area contributed by atoms with E-state index in [9.17, 15) is 9.59 Å². The Morgan fingerprint density at radius 2 is 1.81 bits per heavy atom. The van der Waals surface area contributed by atoms with Crippen molar-refractivity contribution in [2.24, 2.45) is 0 Å². The molecule has 27 heavy (non-hydrogen) atoms. The normalized spacial score (nSPS) is 12.2. The Kier molecular flexibility index (Phi) is 7.02. The fraction of sp³-hybridized carbons (Fsp3) is 0.333. The van der Waals surface area contributed by atoms with Gasteiger partial charge in [0.05, 0.1) is 6.04 Å². The summed E-state index contributed by atoms with van der Waals surface area (Å²) in [6, 6.07) is 14.6. The van der Waals surface area contributed by atoms with E-state index in [1.807, 2.05) is 37.3 Å². The molecule has 0 aromatic heterocycles. The van der Waals surface area contributed by atoms with Crippen LogP contribution < -0.4 is 10.6 Å². The minimum absolute atomic E-state index is 0.214. The van der Waals surface area contributed by atoms with Gasteiger partial charge in [-0.25, -0.2) is 4.79 Å². The molecule has 0 fully saturated rings. The van der Waals surface area contributed by atoms with Crippen LogP contribution in [0.25, 0.3) is 0 Å². The number of benzene rings is 2. The van der Waals surface area contributed by atoms with Crippen molar-refractivity contribution in [3.63, 3.8) is 0 Å². The van der Waals surface area contributed by atoms with Crippen molar-refractivity contribution in [2.45, 2.75) is 39.3 Å². The topological polar surface area (TPSA) is 67.4 Å². The number of nitrogens with one attached hydrogen (secondary N) is 2. The molecule has 2 aromatic carbocycles. The van der Waals surface area contributed by atoms with Crippen LogP contribution in [0.3, 0.4) is 0 Å². The monoisotopic (exact) mass is 432 g/mol. The highest BCUT2D eigenvalue weighted by Crippen LogP contribution is 2.17. The molecule has 0 aliphatic rings. The predicted molar refractivity (Wildman–Crippen MR) is 110 cm³/mol. The molecule has 6 heteroatoms. The van der Waals surface area contributed by atoms with Crippen LogP contribution >= 0.6 is 15.9 Å². The molecule has 0 heterocycles. The van der Waals surface area contributed by atoms with Crippen molar-refractivity contribution in [3.8, 4) is 0 Å². The number of hydrogen-bond acceptors (Lipinski definition) is 3. The number of amides is 2. The zero-order valence-corrected chi connectivity index (χ0v) is 17.6. The summed E-state index contributed by atoms with van der Waals surface area (Å²) >= 11 is 3.38. The lowest BCUT2D eigenvalue weighted by atomic mass is 10.0. The van der Waals surface area contributed by atoms with E-state index in [1.165, 1.54) is 0 Å². The third-order valence-electron chi connectivity index (χ3n) is 3.69. The second kappa shape index (κ2) is 9.04. The summed E-state index contributed by atoms with van der Waals surface area (Å²) in [4.78, 5) is 24.7. The van der Waals surface area contributed by atoms with Gasteiger partial charge in [-0.2, -0.15) is 0 Å². The molecule has 0 saturated heterocycles. The molecule has 0 spiro atoms. The van der Waals surface area contributed by atoms with Gasteiger partial charge in [0.15, 0.2) is 0 Å². The smallest absolute Gasteiger partial charge is 0.407 e. The van der Waals surface area contributed by atoms with E-state index in [-0.39, 0.29) is 18.5 Å². The molecule has 1 unspecified atom stereocenters. The molecule has 2 rings (SSSR count). The van der Waals surface area contributed by atoms with Crippen molar-refractivity contribution in [3.05, 3.63) is 69.7 Å². The van der Waals surface area contributed by atoms with Crippen LogP contribution in [-0.2, 0) is 4.74 Å². The maximum atomic E-state index is 12.7. The van der Waals surface area contributed by atoms with Gasteiger partial charge in [0.25, 0.3) is 5.91 Å². The average molecular weight is 433 g/mol. The number of hydrogen-bond donors (Lipinski definition) is 2. The van der Waals surface area contributed by atoms with E-state index in [1.54, 1.807) is 39.0 Å². The standard InChI is InChI=1S/C21H25BrN2O3/c1-14-7-5-8-15(11-14)18(13-23-20(26)27-21(2,3)4)24-19(25)16-9-6-10-17(22)12-16/h5-12,18H,13H2,1-4H3,(H,23,26)(H,24,25). The number of alkyl carbamates (subject to hydrolysis) is 1. The second-order valence-electron chi connectivity index (χ2n) is 7.33. The van der Waals surface area contributed by atoms with Gasteiger partial charge in [0.1, 0.15) is 5.60 Å². The maximum absolute atomic E-state index is 12.7. The van der Waals surface area contributed by atoms with Gasteiger partial charge in [0, 0.05) is 16.6 Å². The lowest BCUT2D eigenvalue weighted by molar-refractivity contribution is 0.0520. The van der Waals surface area contributed by atoms with Gasteiger partial charge in [-0.15, -0.1) is 0 Å². The molecular weight excluding hydrogens is 408 g/mol. The Labute approximate surface area is 168 Å². The summed E-state index contributed by atoms with van der Waals surface area (Å²) in [5.74, 6) is -0.214. The molecule has 144 valence electrons. The van der Waals surface area contributed by atoms with Gasteiger partial charge in [-0.1, -0.05) is 51.8 Å². The quantitative estimate of drug-likeness (QED) is 0.715. The number of aryl methyl sites for hydroxylation is 1. The fourth-order valence-electron chi connectivity index (χ4n) is 2.51.